The maximum Gasteiger partial charge on any atom is 0.0897 e. The van der Waals surface area contributed by atoms with Gasteiger partial charge in [-0.3, -0.25) is 0 Å². The molecular formula is C11H24N2O2. The van der Waals surface area contributed by atoms with Crippen LogP contribution in [0.2, 0.25) is 0 Å². The quantitative estimate of drug-likeness (QED) is 0.589. The van der Waals surface area contributed by atoms with Crippen LogP contribution in [0.25, 0.3) is 0 Å². The van der Waals surface area contributed by atoms with Crippen LogP contribution in [0.15, 0.2) is 0 Å². The highest BCUT2D eigenvalue weighted by atomic mass is 16.5. The van der Waals surface area contributed by atoms with Gasteiger partial charge >= 0.3 is 0 Å². The lowest BCUT2D eigenvalue weighted by atomic mass is 9.84. The van der Waals surface area contributed by atoms with Crippen molar-refractivity contribution in [2.24, 2.45) is 11.7 Å². The van der Waals surface area contributed by atoms with Gasteiger partial charge in [0.15, 0.2) is 0 Å². The number of aliphatic hydroxyl groups excluding tert-OH is 1. The molecule has 90 valence electrons. The maximum absolute atomic E-state index is 9.52. The summed E-state index contributed by atoms with van der Waals surface area (Å²) in [7, 11) is 1.60. The van der Waals surface area contributed by atoms with E-state index in [4.69, 9.17) is 10.5 Å². The van der Waals surface area contributed by atoms with E-state index in [9.17, 15) is 5.11 Å². The third-order valence-electron chi connectivity index (χ3n) is 3.19. The predicted molar refractivity (Wildman–Crippen MR) is 60.7 cm³/mol. The van der Waals surface area contributed by atoms with E-state index in [0.29, 0.717) is 25.1 Å². The lowest BCUT2D eigenvalue weighted by Gasteiger charge is -2.32. The number of nitrogens with two attached hydrogens (primary N) is 1. The van der Waals surface area contributed by atoms with E-state index in [-0.39, 0.29) is 0 Å². The highest BCUT2D eigenvalue weighted by Crippen LogP contribution is 2.23. The number of ether oxygens (including phenoxy) is 1. The Hall–Kier alpha value is -0.160. The SMILES string of the molecule is COCC(O)CNC1CCCCC1CN. The van der Waals surface area contributed by atoms with Crippen molar-refractivity contribution in [1.29, 1.82) is 0 Å². The molecule has 4 nitrogen and oxygen atoms in total. The second-order valence-corrected chi connectivity index (χ2v) is 4.40. The molecule has 0 heterocycles. The molecule has 1 aliphatic carbocycles. The molecule has 1 saturated carbocycles. The van der Waals surface area contributed by atoms with Gasteiger partial charge in [0.05, 0.1) is 12.7 Å². The van der Waals surface area contributed by atoms with E-state index in [0.717, 1.165) is 6.54 Å². The standard InChI is InChI=1S/C11H24N2O2/c1-15-8-10(14)7-13-11-5-3-2-4-9(11)6-12/h9-11,13-14H,2-8,12H2,1H3. The van der Waals surface area contributed by atoms with Gasteiger partial charge in [0.1, 0.15) is 0 Å². The second kappa shape index (κ2) is 7.17. The van der Waals surface area contributed by atoms with E-state index in [1.165, 1.54) is 25.7 Å². The number of rotatable bonds is 6. The fraction of sp³-hybridized carbons (Fsp3) is 1.00. The molecule has 1 fully saturated rings. The van der Waals surface area contributed by atoms with E-state index in [1.54, 1.807) is 7.11 Å². The molecule has 0 radical (unpaired) electrons. The summed E-state index contributed by atoms with van der Waals surface area (Å²) >= 11 is 0. The molecule has 0 aromatic rings. The molecule has 0 aromatic heterocycles. The molecule has 0 aromatic carbocycles. The molecule has 4 N–H and O–H groups in total. The molecule has 0 aliphatic heterocycles. The molecule has 3 atom stereocenters. The number of aliphatic hydroxyl groups is 1. The topological polar surface area (TPSA) is 67.5 Å². The van der Waals surface area contributed by atoms with Gasteiger partial charge in [-0.25, -0.2) is 0 Å². The van der Waals surface area contributed by atoms with Crippen LogP contribution >= 0.6 is 0 Å². The van der Waals surface area contributed by atoms with Crippen molar-refractivity contribution >= 4 is 0 Å². The maximum atomic E-state index is 9.52. The van der Waals surface area contributed by atoms with Gasteiger partial charge in [-0.15, -0.1) is 0 Å². The monoisotopic (exact) mass is 216 g/mol. The highest BCUT2D eigenvalue weighted by Gasteiger charge is 2.23. The Kier molecular flexibility index (Phi) is 6.17. The van der Waals surface area contributed by atoms with Crippen LogP contribution in [-0.4, -0.2) is 44.1 Å². The minimum Gasteiger partial charge on any atom is -0.389 e. The van der Waals surface area contributed by atoms with Gasteiger partial charge < -0.3 is 20.9 Å². The Balaban J connectivity index is 2.22. The molecule has 1 rings (SSSR count). The molecule has 4 heteroatoms. The summed E-state index contributed by atoms with van der Waals surface area (Å²) < 4.78 is 4.88. The number of nitrogens with one attached hydrogen (secondary N) is 1. The van der Waals surface area contributed by atoms with E-state index in [2.05, 4.69) is 5.32 Å². The first kappa shape index (κ1) is 12.9. The molecule has 0 spiro atoms. The van der Waals surface area contributed by atoms with Gasteiger partial charge in [0, 0.05) is 19.7 Å². The first-order valence-corrected chi connectivity index (χ1v) is 5.88. The molecule has 0 amide bonds. The Morgan fingerprint density at radius 1 is 1.47 bits per heavy atom. The van der Waals surface area contributed by atoms with Crippen molar-refractivity contribution in [2.75, 3.05) is 26.8 Å². The van der Waals surface area contributed by atoms with E-state index < -0.39 is 6.10 Å². The van der Waals surface area contributed by atoms with Crippen LogP contribution in [0, 0.1) is 5.92 Å². The lowest BCUT2D eigenvalue weighted by Crippen LogP contribution is -2.45. The summed E-state index contributed by atoms with van der Waals surface area (Å²) in [5, 5.41) is 12.9. The van der Waals surface area contributed by atoms with E-state index in [1.807, 2.05) is 0 Å². The average Bonchev–Trinajstić information content (AvgIpc) is 2.27. The minimum atomic E-state index is -0.407. The van der Waals surface area contributed by atoms with Crippen LogP contribution in [0.5, 0.6) is 0 Å². The number of methoxy groups -OCH3 is 1. The van der Waals surface area contributed by atoms with E-state index >= 15 is 0 Å². The number of hydrogen-bond donors (Lipinski definition) is 3. The van der Waals surface area contributed by atoms with Crippen molar-refractivity contribution in [3.8, 4) is 0 Å². The minimum absolute atomic E-state index is 0.396. The Bertz CT molecular complexity index is 167. The molecule has 0 saturated heterocycles. The third kappa shape index (κ3) is 4.47. The lowest BCUT2D eigenvalue weighted by molar-refractivity contribution is 0.0597. The van der Waals surface area contributed by atoms with Crippen molar-refractivity contribution < 1.29 is 9.84 Å². The summed E-state index contributed by atoms with van der Waals surface area (Å²) in [6.45, 7) is 1.75. The summed E-state index contributed by atoms with van der Waals surface area (Å²) in [6.07, 6.45) is 4.56. The van der Waals surface area contributed by atoms with Crippen LogP contribution < -0.4 is 11.1 Å². The number of hydrogen-bond acceptors (Lipinski definition) is 4. The van der Waals surface area contributed by atoms with Crippen LogP contribution in [0.4, 0.5) is 0 Å². The van der Waals surface area contributed by atoms with Crippen molar-refractivity contribution in [3.63, 3.8) is 0 Å². The molecule has 1 aliphatic rings. The molecule has 0 bridgehead atoms. The van der Waals surface area contributed by atoms with Gasteiger partial charge in [-0.2, -0.15) is 0 Å². The second-order valence-electron chi connectivity index (χ2n) is 4.40. The Morgan fingerprint density at radius 3 is 2.87 bits per heavy atom. The largest absolute Gasteiger partial charge is 0.389 e. The van der Waals surface area contributed by atoms with Gasteiger partial charge in [0.2, 0.25) is 0 Å². The van der Waals surface area contributed by atoms with Crippen molar-refractivity contribution in [3.05, 3.63) is 0 Å². The van der Waals surface area contributed by atoms with Crippen LogP contribution in [-0.2, 0) is 4.74 Å². The van der Waals surface area contributed by atoms with Gasteiger partial charge in [0.25, 0.3) is 0 Å². The Labute approximate surface area is 92.2 Å². The summed E-state index contributed by atoms with van der Waals surface area (Å²) in [5.41, 5.74) is 5.73. The zero-order valence-corrected chi connectivity index (χ0v) is 9.61. The van der Waals surface area contributed by atoms with Crippen LogP contribution in [0.1, 0.15) is 25.7 Å². The van der Waals surface area contributed by atoms with Crippen LogP contribution in [0.3, 0.4) is 0 Å². The smallest absolute Gasteiger partial charge is 0.0897 e. The zero-order chi connectivity index (χ0) is 11.1. The summed E-state index contributed by atoms with van der Waals surface area (Å²) in [6, 6.07) is 0.482. The average molecular weight is 216 g/mol. The van der Waals surface area contributed by atoms with Gasteiger partial charge in [-0.05, 0) is 25.3 Å². The highest BCUT2D eigenvalue weighted by molar-refractivity contribution is 4.82. The summed E-state index contributed by atoms with van der Waals surface area (Å²) in [5.74, 6) is 0.577. The third-order valence-corrected chi connectivity index (χ3v) is 3.19. The molecule has 3 unspecified atom stereocenters. The predicted octanol–water partition coefficient (Wildman–Crippen LogP) is 0.101. The fourth-order valence-corrected chi connectivity index (χ4v) is 2.30. The zero-order valence-electron chi connectivity index (χ0n) is 9.61. The van der Waals surface area contributed by atoms with Gasteiger partial charge in [-0.1, -0.05) is 12.8 Å². The first-order chi connectivity index (χ1) is 7.27. The normalized spacial score (nSPS) is 29.0. The molecular weight excluding hydrogens is 192 g/mol. The van der Waals surface area contributed by atoms with Crippen molar-refractivity contribution in [1.82, 2.24) is 5.32 Å². The first-order valence-electron chi connectivity index (χ1n) is 5.88. The Morgan fingerprint density at radius 2 is 2.20 bits per heavy atom. The fourth-order valence-electron chi connectivity index (χ4n) is 2.30. The molecule has 15 heavy (non-hydrogen) atoms. The van der Waals surface area contributed by atoms with Crippen molar-refractivity contribution in [2.45, 2.75) is 37.8 Å². The summed E-state index contributed by atoms with van der Waals surface area (Å²) in [4.78, 5) is 0.